The lowest BCUT2D eigenvalue weighted by atomic mass is 10.2. The molecular formula is C10H15Cl2N3O. The van der Waals surface area contributed by atoms with Gasteiger partial charge >= 0.3 is 0 Å². The van der Waals surface area contributed by atoms with Crippen molar-refractivity contribution in [3.63, 3.8) is 0 Å². The van der Waals surface area contributed by atoms with Crippen LogP contribution >= 0.6 is 24.0 Å². The second-order valence-corrected chi connectivity index (χ2v) is 4.32. The molecule has 1 fully saturated rings. The zero-order valence-corrected chi connectivity index (χ0v) is 10.3. The average molecular weight is 264 g/mol. The summed E-state index contributed by atoms with van der Waals surface area (Å²) in [6.45, 7) is 0.491. The molecule has 0 aliphatic heterocycles. The summed E-state index contributed by atoms with van der Waals surface area (Å²) in [5.41, 5.74) is 6.08. The molecule has 1 aromatic heterocycles. The molecule has 2 rings (SSSR count). The summed E-state index contributed by atoms with van der Waals surface area (Å²) in [6.07, 6.45) is 3.91. The number of nitrogens with one attached hydrogen (secondary N) is 2. The van der Waals surface area contributed by atoms with E-state index in [4.69, 9.17) is 17.3 Å². The van der Waals surface area contributed by atoms with E-state index in [1.807, 2.05) is 0 Å². The Morgan fingerprint density at radius 1 is 1.69 bits per heavy atom. The summed E-state index contributed by atoms with van der Waals surface area (Å²) in [4.78, 5) is 14.5. The van der Waals surface area contributed by atoms with E-state index >= 15 is 0 Å². The van der Waals surface area contributed by atoms with Crippen LogP contribution in [0.2, 0.25) is 5.02 Å². The first kappa shape index (κ1) is 13.4. The van der Waals surface area contributed by atoms with Crippen molar-refractivity contribution in [2.45, 2.75) is 18.9 Å². The van der Waals surface area contributed by atoms with Gasteiger partial charge in [-0.15, -0.1) is 12.4 Å². The van der Waals surface area contributed by atoms with Crippen LogP contribution in [0.15, 0.2) is 12.3 Å². The second-order valence-electron chi connectivity index (χ2n) is 3.88. The number of aromatic nitrogens is 1. The highest BCUT2D eigenvalue weighted by Gasteiger charge is 2.31. The lowest BCUT2D eigenvalue weighted by Gasteiger charge is -2.15. The minimum absolute atomic E-state index is 0. The van der Waals surface area contributed by atoms with Gasteiger partial charge in [-0.2, -0.15) is 0 Å². The number of carbonyl (C=O) groups is 1. The van der Waals surface area contributed by atoms with Crippen LogP contribution in [-0.2, 0) is 0 Å². The first-order valence-corrected chi connectivity index (χ1v) is 5.43. The van der Waals surface area contributed by atoms with Gasteiger partial charge in [0.25, 0.3) is 5.91 Å². The monoisotopic (exact) mass is 263 g/mol. The number of carbonyl (C=O) groups excluding carboxylic acids is 1. The molecule has 1 saturated carbocycles. The van der Waals surface area contributed by atoms with Gasteiger partial charge in [0.2, 0.25) is 0 Å². The van der Waals surface area contributed by atoms with Gasteiger partial charge in [-0.3, -0.25) is 4.79 Å². The molecule has 4 nitrogen and oxygen atoms in total. The van der Waals surface area contributed by atoms with E-state index in [0.717, 1.165) is 12.8 Å². The SMILES string of the molecule is Cl.NCC(NC(=O)c1cc(Cl)c[nH]1)C1CC1. The number of halogens is 2. The van der Waals surface area contributed by atoms with E-state index in [0.29, 0.717) is 23.2 Å². The van der Waals surface area contributed by atoms with Crippen LogP contribution in [0.3, 0.4) is 0 Å². The standard InChI is InChI=1S/C10H14ClN3O.ClH/c11-7-3-8(13-5-7)10(15)14-9(4-12)6-1-2-6;/h3,5-6,9,13H,1-2,4,12H2,(H,14,15);1H. The van der Waals surface area contributed by atoms with E-state index in [2.05, 4.69) is 10.3 Å². The van der Waals surface area contributed by atoms with Crippen molar-refractivity contribution >= 4 is 29.9 Å². The van der Waals surface area contributed by atoms with Gasteiger partial charge in [0.15, 0.2) is 0 Å². The van der Waals surface area contributed by atoms with Crippen LogP contribution in [0.5, 0.6) is 0 Å². The van der Waals surface area contributed by atoms with Crippen LogP contribution in [0.25, 0.3) is 0 Å². The van der Waals surface area contributed by atoms with Crippen LogP contribution < -0.4 is 11.1 Å². The molecule has 0 spiro atoms. The van der Waals surface area contributed by atoms with Gasteiger partial charge in [-0.25, -0.2) is 0 Å². The Morgan fingerprint density at radius 3 is 2.81 bits per heavy atom. The Balaban J connectivity index is 0.00000128. The molecule has 1 aliphatic carbocycles. The molecule has 1 heterocycles. The van der Waals surface area contributed by atoms with Gasteiger partial charge in [0.05, 0.1) is 5.02 Å². The maximum atomic E-state index is 11.7. The minimum atomic E-state index is -0.135. The predicted octanol–water partition coefficient (Wildman–Crippen LogP) is 1.56. The fourth-order valence-electron chi connectivity index (χ4n) is 1.61. The van der Waals surface area contributed by atoms with Crippen molar-refractivity contribution in [1.82, 2.24) is 10.3 Å². The Bertz CT molecular complexity index is 363. The maximum absolute atomic E-state index is 11.7. The van der Waals surface area contributed by atoms with Crippen molar-refractivity contribution in [3.8, 4) is 0 Å². The van der Waals surface area contributed by atoms with E-state index in [9.17, 15) is 4.79 Å². The lowest BCUT2D eigenvalue weighted by Crippen LogP contribution is -2.41. The molecule has 1 amide bonds. The van der Waals surface area contributed by atoms with E-state index in [-0.39, 0.29) is 24.4 Å². The molecule has 0 bridgehead atoms. The minimum Gasteiger partial charge on any atom is -0.356 e. The van der Waals surface area contributed by atoms with Crippen molar-refractivity contribution in [3.05, 3.63) is 23.0 Å². The smallest absolute Gasteiger partial charge is 0.268 e. The molecule has 4 N–H and O–H groups in total. The van der Waals surface area contributed by atoms with Crippen molar-refractivity contribution in [2.75, 3.05) is 6.54 Å². The topological polar surface area (TPSA) is 70.9 Å². The number of nitrogens with two attached hydrogens (primary N) is 1. The summed E-state index contributed by atoms with van der Waals surface area (Å²) >= 11 is 5.71. The van der Waals surface area contributed by atoms with E-state index in [1.165, 1.54) is 0 Å². The Kier molecular flexibility index (Phi) is 4.65. The fourth-order valence-corrected chi connectivity index (χ4v) is 1.78. The summed E-state index contributed by atoms with van der Waals surface area (Å²) < 4.78 is 0. The molecule has 0 aromatic carbocycles. The molecule has 90 valence electrons. The highest BCUT2D eigenvalue weighted by atomic mass is 35.5. The van der Waals surface area contributed by atoms with Crippen molar-refractivity contribution in [2.24, 2.45) is 11.7 Å². The fraction of sp³-hybridized carbons (Fsp3) is 0.500. The quantitative estimate of drug-likeness (QED) is 0.772. The van der Waals surface area contributed by atoms with Crippen LogP contribution in [0.4, 0.5) is 0 Å². The van der Waals surface area contributed by atoms with E-state index in [1.54, 1.807) is 12.3 Å². The molecular weight excluding hydrogens is 249 g/mol. The second kappa shape index (κ2) is 5.57. The number of rotatable bonds is 4. The highest BCUT2D eigenvalue weighted by Crippen LogP contribution is 2.32. The van der Waals surface area contributed by atoms with E-state index < -0.39 is 0 Å². The molecule has 1 aromatic rings. The number of hydrogen-bond donors (Lipinski definition) is 3. The third kappa shape index (κ3) is 3.14. The molecule has 0 saturated heterocycles. The molecule has 6 heteroatoms. The molecule has 1 aliphatic rings. The van der Waals surface area contributed by atoms with Gasteiger partial charge in [-0.05, 0) is 24.8 Å². The van der Waals surface area contributed by atoms with Crippen molar-refractivity contribution < 1.29 is 4.79 Å². The molecule has 0 radical (unpaired) electrons. The molecule has 1 unspecified atom stereocenters. The number of hydrogen-bond acceptors (Lipinski definition) is 2. The Hall–Kier alpha value is -0.710. The zero-order chi connectivity index (χ0) is 10.8. The molecule has 1 atom stereocenters. The number of aromatic amines is 1. The Morgan fingerprint density at radius 2 is 2.38 bits per heavy atom. The van der Waals surface area contributed by atoms with Gasteiger partial charge in [0, 0.05) is 18.8 Å². The first-order valence-electron chi connectivity index (χ1n) is 5.05. The van der Waals surface area contributed by atoms with Gasteiger partial charge < -0.3 is 16.0 Å². The van der Waals surface area contributed by atoms with Crippen LogP contribution in [0, 0.1) is 5.92 Å². The predicted molar refractivity (Wildman–Crippen MR) is 66.1 cm³/mol. The summed E-state index contributed by atoms with van der Waals surface area (Å²) in [6, 6.07) is 1.71. The maximum Gasteiger partial charge on any atom is 0.268 e. The summed E-state index contributed by atoms with van der Waals surface area (Å²) in [5.74, 6) is 0.425. The third-order valence-electron chi connectivity index (χ3n) is 2.65. The van der Waals surface area contributed by atoms with Crippen molar-refractivity contribution in [1.29, 1.82) is 0 Å². The average Bonchev–Trinajstić information content (AvgIpc) is 2.97. The van der Waals surface area contributed by atoms with Gasteiger partial charge in [0.1, 0.15) is 5.69 Å². The first-order chi connectivity index (χ1) is 7.20. The highest BCUT2D eigenvalue weighted by molar-refractivity contribution is 6.30. The van der Waals surface area contributed by atoms with Gasteiger partial charge in [-0.1, -0.05) is 11.6 Å². The molecule has 16 heavy (non-hydrogen) atoms. The zero-order valence-electron chi connectivity index (χ0n) is 8.70. The summed E-state index contributed by atoms with van der Waals surface area (Å²) in [7, 11) is 0. The lowest BCUT2D eigenvalue weighted by molar-refractivity contribution is 0.0929. The largest absolute Gasteiger partial charge is 0.356 e. The van der Waals surface area contributed by atoms with Crippen LogP contribution in [0.1, 0.15) is 23.3 Å². The number of amides is 1. The third-order valence-corrected chi connectivity index (χ3v) is 2.87. The summed E-state index contributed by atoms with van der Waals surface area (Å²) in [5, 5.41) is 3.44. The Labute approximate surface area is 105 Å². The normalized spacial score (nSPS) is 16.4. The van der Waals surface area contributed by atoms with Crippen LogP contribution in [-0.4, -0.2) is 23.5 Å². The number of H-pyrrole nitrogens is 1.